The van der Waals surface area contributed by atoms with E-state index < -0.39 is 10.0 Å². The molecule has 0 amide bonds. The van der Waals surface area contributed by atoms with Gasteiger partial charge >= 0.3 is 0 Å². The van der Waals surface area contributed by atoms with E-state index in [1.165, 1.54) is 16.6 Å². The Morgan fingerprint density at radius 1 is 1.35 bits per heavy atom. The molecule has 1 aromatic carbocycles. The zero-order valence-corrected chi connectivity index (χ0v) is 12.1. The quantitative estimate of drug-likeness (QED) is 0.791. The second-order valence-corrected chi connectivity index (χ2v) is 6.41. The van der Waals surface area contributed by atoms with Gasteiger partial charge in [-0.05, 0) is 30.2 Å². The Morgan fingerprint density at radius 2 is 2.15 bits per heavy atom. The molecule has 2 aromatic rings. The van der Waals surface area contributed by atoms with Crippen LogP contribution in [0.1, 0.15) is 18.9 Å². The van der Waals surface area contributed by atoms with E-state index >= 15 is 0 Å². The van der Waals surface area contributed by atoms with Crippen LogP contribution in [0.15, 0.2) is 41.6 Å². The molecule has 108 valence electrons. The maximum atomic E-state index is 12.5. The topological polar surface area (TPSA) is 92.1 Å². The normalized spacial score (nSPS) is 11.9. The van der Waals surface area contributed by atoms with Gasteiger partial charge in [-0.3, -0.25) is 5.10 Å². The van der Waals surface area contributed by atoms with E-state index in [-0.39, 0.29) is 5.03 Å². The number of aromatic nitrogens is 2. The number of hydrogen-bond donors (Lipinski definition) is 2. The number of H-pyrrole nitrogens is 1. The van der Waals surface area contributed by atoms with Gasteiger partial charge in [0.25, 0.3) is 10.0 Å². The molecule has 1 heterocycles. The molecule has 0 saturated carbocycles. The summed E-state index contributed by atoms with van der Waals surface area (Å²) in [5.41, 5.74) is 7.21. The van der Waals surface area contributed by atoms with Gasteiger partial charge in [0.2, 0.25) is 0 Å². The van der Waals surface area contributed by atoms with Crippen LogP contribution in [0, 0.1) is 0 Å². The summed E-state index contributed by atoms with van der Waals surface area (Å²) in [6, 6.07) is 8.69. The van der Waals surface area contributed by atoms with Crippen LogP contribution in [0.5, 0.6) is 0 Å². The first-order chi connectivity index (χ1) is 9.54. The Morgan fingerprint density at radius 3 is 2.75 bits per heavy atom. The molecule has 0 spiro atoms. The molecule has 3 N–H and O–H groups in total. The summed E-state index contributed by atoms with van der Waals surface area (Å²) in [6.07, 6.45) is 2.16. The molecule has 1 aromatic heterocycles. The van der Waals surface area contributed by atoms with Crippen molar-refractivity contribution in [1.82, 2.24) is 14.5 Å². The lowest BCUT2D eigenvalue weighted by molar-refractivity contribution is 0.403. The highest BCUT2D eigenvalue weighted by molar-refractivity contribution is 7.89. The van der Waals surface area contributed by atoms with Gasteiger partial charge in [0, 0.05) is 18.8 Å². The smallest absolute Gasteiger partial charge is 0.260 e. The fraction of sp³-hybridized carbons (Fsp3) is 0.308. The van der Waals surface area contributed by atoms with Crippen LogP contribution in [-0.2, 0) is 16.6 Å². The van der Waals surface area contributed by atoms with Gasteiger partial charge < -0.3 is 5.73 Å². The Labute approximate surface area is 118 Å². The number of nitrogens with one attached hydrogen (secondary N) is 1. The molecule has 0 aliphatic rings. The largest absolute Gasteiger partial charge is 0.399 e. The average Bonchev–Trinajstić information content (AvgIpc) is 2.93. The van der Waals surface area contributed by atoms with E-state index in [1.807, 2.05) is 19.1 Å². The highest BCUT2D eigenvalue weighted by atomic mass is 32.2. The first kappa shape index (κ1) is 14.5. The fourth-order valence-electron chi connectivity index (χ4n) is 1.95. The minimum Gasteiger partial charge on any atom is -0.399 e. The average molecular weight is 294 g/mol. The number of benzene rings is 1. The molecule has 0 atom stereocenters. The molecular formula is C13H18N4O2S. The predicted octanol–water partition coefficient (Wildman–Crippen LogP) is 1.59. The van der Waals surface area contributed by atoms with Crippen LogP contribution < -0.4 is 5.73 Å². The molecule has 20 heavy (non-hydrogen) atoms. The van der Waals surface area contributed by atoms with Crippen molar-refractivity contribution in [3.05, 3.63) is 42.1 Å². The van der Waals surface area contributed by atoms with Gasteiger partial charge in [-0.15, -0.1) is 0 Å². The minimum absolute atomic E-state index is 0.106. The molecule has 6 nitrogen and oxygen atoms in total. The monoisotopic (exact) mass is 294 g/mol. The summed E-state index contributed by atoms with van der Waals surface area (Å²) >= 11 is 0. The van der Waals surface area contributed by atoms with Gasteiger partial charge in [-0.25, -0.2) is 8.42 Å². The second-order valence-electron chi connectivity index (χ2n) is 4.50. The SMILES string of the molecule is CCCN(Cc1cccc(N)c1)S(=O)(=O)c1ccn[nH]1. The predicted molar refractivity (Wildman–Crippen MR) is 77.3 cm³/mol. The summed E-state index contributed by atoms with van der Waals surface area (Å²) in [6.45, 7) is 2.67. The number of nitrogens with zero attached hydrogens (tertiary/aromatic N) is 2. The molecule has 0 aliphatic carbocycles. The third-order valence-corrected chi connectivity index (χ3v) is 4.65. The van der Waals surface area contributed by atoms with Crippen molar-refractivity contribution in [2.75, 3.05) is 12.3 Å². The summed E-state index contributed by atoms with van der Waals surface area (Å²) in [7, 11) is -3.56. The highest BCUT2D eigenvalue weighted by Gasteiger charge is 2.25. The number of aromatic amines is 1. The molecule has 0 saturated heterocycles. The van der Waals surface area contributed by atoms with Crippen LogP contribution >= 0.6 is 0 Å². The fourth-order valence-corrected chi connectivity index (χ4v) is 3.38. The number of nitrogens with two attached hydrogens (primary N) is 1. The zero-order valence-electron chi connectivity index (χ0n) is 11.3. The van der Waals surface area contributed by atoms with E-state index in [0.717, 1.165) is 12.0 Å². The Balaban J connectivity index is 2.28. The molecule has 0 radical (unpaired) electrons. The van der Waals surface area contributed by atoms with Crippen molar-refractivity contribution in [2.24, 2.45) is 0 Å². The lowest BCUT2D eigenvalue weighted by atomic mass is 10.2. The summed E-state index contributed by atoms with van der Waals surface area (Å²) in [5, 5.41) is 6.32. The van der Waals surface area contributed by atoms with Crippen LogP contribution in [0.2, 0.25) is 0 Å². The van der Waals surface area contributed by atoms with Crippen molar-refractivity contribution < 1.29 is 8.42 Å². The second kappa shape index (κ2) is 6.06. The van der Waals surface area contributed by atoms with E-state index in [2.05, 4.69) is 10.2 Å². The van der Waals surface area contributed by atoms with Crippen LogP contribution in [-0.4, -0.2) is 29.5 Å². The first-order valence-corrected chi connectivity index (χ1v) is 7.82. The summed E-state index contributed by atoms with van der Waals surface area (Å²) in [5.74, 6) is 0. The Hall–Kier alpha value is -1.86. The third-order valence-electron chi connectivity index (χ3n) is 2.88. The van der Waals surface area contributed by atoms with Crippen molar-refractivity contribution in [3.63, 3.8) is 0 Å². The van der Waals surface area contributed by atoms with Crippen molar-refractivity contribution in [2.45, 2.75) is 24.9 Å². The Bertz CT molecular complexity index is 653. The molecule has 0 fully saturated rings. The lowest BCUT2D eigenvalue weighted by Gasteiger charge is -2.20. The number of rotatable bonds is 6. The molecule has 2 rings (SSSR count). The van der Waals surface area contributed by atoms with Crippen LogP contribution in [0.3, 0.4) is 0 Å². The zero-order chi connectivity index (χ0) is 14.6. The number of sulfonamides is 1. The molecule has 7 heteroatoms. The lowest BCUT2D eigenvalue weighted by Crippen LogP contribution is -2.31. The van der Waals surface area contributed by atoms with Gasteiger partial charge in [-0.1, -0.05) is 19.1 Å². The van der Waals surface area contributed by atoms with E-state index in [4.69, 9.17) is 5.73 Å². The number of hydrogen-bond acceptors (Lipinski definition) is 4. The van der Waals surface area contributed by atoms with Gasteiger partial charge in [0.15, 0.2) is 5.03 Å². The number of anilines is 1. The van der Waals surface area contributed by atoms with E-state index in [9.17, 15) is 8.42 Å². The van der Waals surface area contributed by atoms with Crippen LogP contribution in [0.4, 0.5) is 5.69 Å². The van der Waals surface area contributed by atoms with Crippen molar-refractivity contribution in [1.29, 1.82) is 0 Å². The minimum atomic E-state index is -3.56. The van der Waals surface area contributed by atoms with Gasteiger partial charge in [0.05, 0.1) is 6.20 Å². The number of nitrogen functional groups attached to an aromatic ring is 1. The van der Waals surface area contributed by atoms with Gasteiger partial charge in [0.1, 0.15) is 0 Å². The van der Waals surface area contributed by atoms with Crippen molar-refractivity contribution in [3.8, 4) is 0 Å². The van der Waals surface area contributed by atoms with E-state index in [1.54, 1.807) is 12.1 Å². The molecule has 0 aliphatic heterocycles. The first-order valence-electron chi connectivity index (χ1n) is 6.38. The maximum absolute atomic E-state index is 12.5. The van der Waals surface area contributed by atoms with Crippen LogP contribution in [0.25, 0.3) is 0 Å². The summed E-state index contributed by atoms with van der Waals surface area (Å²) < 4.78 is 26.4. The highest BCUT2D eigenvalue weighted by Crippen LogP contribution is 2.17. The molecule has 0 bridgehead atoms. The summed E-state index contributed by atoms with van der Waals surface area (Å²) in [4.78, 5) is 0. The van der Waals surface area contributed by atoms with E-state index in [0.29, 0.717) is 18.8 Å². The third kappa shape index (κ3) is 3.17. The maximum Gasteiger partial charge on any atom is 0.260 e. The molecule has 0 unspecified atom stereocenters. The van der Waals surface area contributed by atoms with Crippen molar-refractivity contribution >= 4 is 15.7 Å². The standard InChI is InChI=1S/C13H18N4O2S/c1-2-8-17(10-11-4-3-5-12(14)9-11)20(18,19)13-6-7-15-16-13/h3-7,9H,2,8,10,14H2,1H3,(H,15,16). The Kier molecular flexibility index (Phi) is 4.41. The van der Waals surface area contributed by atoms with Gasteiger partial charge in [-0.2, -0.15) is 9.40 Å². The molecular weight excluding hydrogens is 276 g/mol.